The van der Waals surface area contributed by atoms with Crippen molar-refractivity contribution in [1.82, 2.24) is 15.6 Å². The number of nitrogens with one attached hydrogen (secondary N) is 3. The molecule has 2 rings (SSSR count). The number of nitro benzene ring substituents is 1. The van der Waals surface area contributed by atoms with Gasteiger partial charge in [0.2, 0.25) is 11.8 Å². The third-order valence-corrected chi connectivity index (χ3v) is 5.09. The molecule has 1 atom stereocenters. The molecule has 2 aromatic rings. The van der Waals surface area contributed by atoms with Crippen LogP contribution in [-0.4, -0.2) is 40.8 Å². The van der Waals surface area contributed by atoms with Crippen molar-refractivity contribution in [3.05, 3.63) is 62.8 Å². The number of unbranched alkanes of at least 4 members (excludes halogenated alkanes) is 1. The fraction of sp³-hybridized carbons (Fsp3) is 0.364. The Labute approximate surface area is 229 Å². The fourth-order valence-electron chi connectivity index (χ4n) is 3.08. The summed E-state index contributed by atoms with van der Waals surface area (Å²) in [7, 11) is 0. The van der Waals surface area contributed by atoms with E-state index in [0.717, 1.165) is 23.9 Å². The van der Waals surface area contributed by atoms with Gasteiger partial charge in [0.15, 0.2) is 0 Å². The molecule has 0 bridgehead atoms. The number of hydrogen-bond acceptors (Lipinski definition) is 8. The van der Waals surface area contributed by atoms with Crippen LogP contribution < -0.4 is 50.6 Å². The first kappa shape index (κ1) is 30.3. The largest absolute Gasteiger partial charge is 1.00 e. The zero-order chi connectivity index (χ0) is 25.1. The first-order chi connectivity index (χ1) is 16.2. The van der Waals surface area contributed by atoms with Crippen molar-refractivity contribution in [1.29, 1.82) is 0 Å². The molecule has 11 nitrogen and oxygen atoms in total. The third-order valence-electron chi connectivity index (χ3n) is 4.77. The first-order valence-corrected chi connectivity index (χ1v) is 10.9. The fourth-order valence-corrected chi connectivity index (χ4v) is 3.26. The molecule has 0 spiro atoms. The van der Waals surface area contributed by atoms with Crippen molar-refractivity contribution < 1.29 is 54.0 Å². The molecule has 0 aliphatic heterocycles. The molecule has 0 aliphatic carbocycles. The average Bonchev–Trinajstić information content (AvgIpc) is 2.77. The smallest absolute Gasteiger partial charge is 0.550 e. The van der Waals surface area contributed by atoms with E-state index in [4.69, 9.17) is 11.6 Å². The Morgan fingerprint density at radius 3 is 2.54 bits per heavy atom. The van der Waals surface area contributed by atoms with E-state index < -0.39 is 34.9 Å². The van der Waals surface area contributed by atoms with E-state index >= 15 is 0 Å². The van der Waals surface area contributed by atoms with Crippen LogP contribution in [0.4, 0.5) is 11.5 Å². The van der Waals surface area contributed by atoms with Crippen molar-refractivity contribution in [2.24, 2.45) is 0 Å². The van der Waals surface area contributed by atoms with Crippen molar-refractivity contribution >= 4 is 40.9 Å². The number of rotatable bonds is 13. The number of aliphatic carboxylic acids is 1. The maximum Gasteiger partial charge on any atom is 1.00 e. The van der Waals surface area contributed by atoms with E-state index in [9.17, 15) is 29.6 Å². The van der Waals surface area contributed by atoms with E-state index in [1.807, 2.05) is 19.1 Å². The number of carbonyl (C=O) groups excluding carboxylic acids is 3. The SMILES string of the molecule is Cc1ccnc(NCCCCC(=O)NCC(=O)NC(CC(=O)[O-])c2ccc(Cl)c([N+](=O)[O-])c2)c1.[Na+]. The normalized spacial score (nSPS) is 11.0. The Morgan fingerprint density at radius 1 is 1.14 bits per heavy atom. The number of nitro groups is 1. The number of amides is 2. The van der Waals surface area contributed by atoms with Gasteiger partial charge in [-0.25, -0.2) is 4.98 Å². The molecule has 3 N–H and O–H groups in total. The van der Waals surface area contributed by atoms with Gasteiger partial charge >= 0.3 is 29.6 Å². The Kier molecular flexibility index (Phi) is 13.2. The number of carbonyl (C=O) groups is 3. The molecule has 1 aromatic carbocycles. The number of carboxylic acid groups (broad SMARTS) is 1. The van der Waals surface area contributed by atoms with E-state index in [1.165, 1.54) is 12.1 Å². The number of aromatic nitrogens is 1. The number of halogens is 1. The number of nitrogens with zero attached hydrogens (tertiary/aromatic N) is 2. The van der Waals surface area contributed by atoms with E-state index in [-0.39, 0.29) is 59.0 Å². The van der Waals surface area contributed by atoms with Gasteiger partial charge in [0.05, 0.1) is 17.5 Å². The van der Waals surface area contributed by atoms with Crippen molar-refractivity contribution in [2.75, 3.05) is 18.4 Å². The van der Waals surface area contributed by atoms with Gasteiger partial charge in [-0.15, -0.1) is 0 Å². The molecule has 0 aliphatic rings. The first-order valence-electron chi connectivity index (χ1n) is 10.5. The number of pyridine rings is 1. The quantitative estimate of drug-likeness (QED) is 0.128. The summed E-state index contributed by atoms with van der Waals surface area (Å²) in [5, 5.41) is 30.1. The summed E-state index contributed by atoms with van der Waals surface area (Å²) >= 11 is 5.78. The minimum absolute atomic E-state index is 0. The van der Waals surface area contributed by atoms with Gasteiger partial charge in [0.25, 0.3) is 5.69 Å². The van der Waals surface area contributed by atoms with E-state index in [0.29, 0.717) is 13.0 Å². The molecule has 1 heterocycles. The molecule has 35 heavy (non-hydrogen) atoms. The van der Waals surface area contributed by atoms with Crippen LogP contribution in [0.15, 0.2) is 36.5 Å². The second-order valence-electron chi connectivity index (χ2n) is 7.54. The summed E-state index contributed by atoms with van der Waals surface area (Å²) in [6.07, 6.45) is 2.62. The van der Waals surface area contributed by atoms with Crippen LogP contribution >= 0.6 is 11.6 Å². The number of carboxylic acids is 1. The third kappa shape index (κ3) is 11.0. The van der Waals surface area contributed by atoms with Gasteiger partial charge in [0.1, 0.15) is 10.8 Å². The van der Waals surface area contributed by atoms with Gasteiger partial charge in [-0.05, 0) is 49.1 Å². The molecule has 0 fully saturated rings. The standard InChI is InChI=1S/C22H26ClN5O6.Na/c1-14-7-9-25-19(10-14)24-8-3-2-4-20(29)26-13-21(30)27-17(12-22(31)32)15-5-6-16(23)18(11-15)28(33)34;/h5-7,9-11,17H,2-4,8,12-13H2,1H3,(H,24,25)(H,26,29)(H,27,30)(H,31,32);/q;+1/p-1. The molecule has 13 heteroatoms. The second kappa shape index (κ2) is 15.3. The molecule has 1 aromatic heterocycles. The molecular weight excluding hydrogens is 489 g/mol. The van der Waals surface area contributed by atoms with Crippen LogP contribution in [0.25, 0.3) is 0 Å². The van der Waals surface area contributed by atoms with Crippen molar-refractivity contribution in [3.63, 3.8) is 0 Å². The summed E-state index contributed by atoms with van der Waals surface area (Å²) in [5.41, 5.74) is 0.847. The van der Waals surface area contributed by atoms with Crippen LogP contribution in [0.3, 0.4) is 0 Å². The molecular formula is C22H25ClN5NaO6. The number of hydrogen-bond donors (Lipinski definition) is 3. The summed E-state index contributed by atoms with van der Waals surface area (Å²) in [6, 6.07) is 6.44. The Hall–Kier alpha value is -2.73. The Morgan fingerprint density at radius 2 is 1.89 bits per heavy atom. The Balaban J connectivity index is 0.00000612. The predicted octanol–water partition coefficient (Wildman–Crippen LogP) is -1.35. The molecule has 1 unspecified atom stereocenters. The van der Waals surface area contributed by atoms with Crippen LogP contribution in [0, 0.1) is 17.0 Å². The van der Waals surface area contributed by atoms with Crippen molar-refractivity contribution in [2.45, 2.75) is 38.6 Å². The maximum absolute atomic E-state index is 12.2. The molecule has 0 radical (unpaired) electrons. The van der Waals surface area contributed by atoms with Gasteiger partial charge in [-0.3, -0.25) is 19.7 Å². The Bertz CT molecular complexity index is 1050. The van der Waals surface area contributed by atoms with E-state index in [2.05, 4.69) is 20.9 Å². The molecule has 182 valence electrons. The van der Waals surface area contributed by atoms with Crippen LogP contribution in [0.5, 0.6) is 0 Å². The summed E-state index contributed by atoms with van der Waals surface area (Å²) in [5.74, 6) is -1.67. The second-order valence-corrected chi connectivity index (χ2v) is 7.95. The zero-order valence-electron chi connectivity index (χ0n) is 19.5. The zero-order valence-corrected chi connectivity index (χ0v) is 22.3. The molecule has 0 saturated heterocycles. The molecule has 0 saturated carbocycles. The predicted molar refractivity (Wildman–Crippen MR) is 123 cm³/mol. The number of benzene rings is 1. The number of anilines is 1. The number of aryl methyl sites for hydroxylation is 1. The minimum atomic E-state index is -1.46. The summed E-state index contributed by atoms with van der Waals surface area (Å²) < 4.78 is 0. The van der Waals surface area contributed by atoms with Gasteiger partial charge in [-0.2, -0.15) is 0 Å². The van der Waals surface area contributed by atoms with Gasteiger partial charge < -0.3 is 25.9 Å². The molecule has 2 amide bonds. The van der Waals surface area contributed by atoms with Gasteiger partial charge in [-0.1, -0.05) is 17.7 Å². The summed E-state index contributed by atoms with van der Waals surface area (Å²) in [6.45, 7) is 2.24. The maximum atomic E-state index is 12.2. The van der Waals surface area contributed by atoms with Gasteiger partial charge in [0, 0.05) is 37.6 Å². The average molecular weight is 514 g/mol. The van der Waals surface area contributed by atoms with Crippen LogP contribution in [0.2, 0.25) is 5.02 Å². The van der Waals surface area contributed by atoms with Crippen LogP contribution in [0.1, 0.15) is 42.9 Å². The van der Waals surface area contributed by atoms with Crippen molar-refractivity contribution in [3.8, 4) is 0 Å². The monoisotopic (exact) mass is 513 g/mol. The summed E-state index contributed by atoms with van der Waals surface area (Å²) in [4.78, 5) is 49.9. The van der Waals surface area contributed by atoms with E-state index in [1.54, 1.807) is 6.20 Å². The topological polar surface area (TPSA) is 166 Å². The minimum Gasteiger partial charge on any atom is -0.550 e. The van der Waals surface area contributed by atoms with Crippen LogP contribution in [-0.2, 0) is 14.4 Å².